The molecule has 1 unspecified atom stereocenters. The van der Waals surface area contributed by atoms with Crippen molar-refractivity contribution in [3.63, 3.8) is 0 Å². The van der Waals surface area contributed by atoms with E-state index in [0.717, 1.165) is 31.5 Å². The minimum absolute atomic E-state index is 0.0105. The number of hydrogen-bond acceptors (Lipinski definition) is 2. The van der Waals surface area contributed by atoms with Gasteiger partial charge in [-0.05, 0) is 44.0 Å². The van der Waals surface area contributed by atoms with E-state index in [-0.39, 0.29) is 23.7 Å². The van der Waals surface area contributed by atoms with Crippen LogP contribution in [-0.2, 0) is 11.2 Å². The van der Waals surface area contributed by atoms with E-state index in [1.54, 1.807) is 12.1 Å². The fraction of sp³-hybridized carbons (Fsp3) is 0.350. The summed E-state index contributed by atoms with van der Waals surface area (Å²) in [5, 5.41) is 6.35. The Kier molecular flexibility index (Phi) is 5.59. The SMILES string of the molecule is O=C(NC(Cc1ccccc1)c1ccccc1F)C1CCNCC1. The molecule has 3 nitrogen and oxygen atoms in total. The molecule has 1 aliphatic rings. The molecule has 4 heteroatoms. The van der Waals surface area contributed by atoms with E-state index in [9.17, 15) is 9.18 Å². The first-order valence-electron chi connectivity index (χ1n) is 8.53. The van der Waals surface area contributed by atoms with Crippen LogP contribution >= 0.6 is 0 Å². The number of carbonyl (C=O) groups is 1. The highest BCUT2D eigenvalue weighted by atomic mass is 19.1. The third-order valence-electron chi connectivity index (χ3n) is 4.59. The maximum absolute atomic E-state index is 14.3. The van der Waals surface area contributed by atoms with E-state index < -0.39 is 0 Å². The van der Waals surface area contributed by atoms with Crippen LogP contribution < -0.4 is 10.6 Å². The van der Waals surface area contributed by atoms with Crippen LogP contribution in [0, 0.1) is 11.7 Å². The number of carbonyl (C=O) groups excluding carboxylic acids is 1. The van der Waals surface area contributed by atoms with Crippen LogP contribution in [0.2, 0.25) is 0 Å². The van der Waals surface area contributed by atoms with Gasteiger partial charge >= 0.3 is 0 Å². The van der Waals surface area contributed by atoms with Crippen molar-refractivity contribution < 1.29 is 9.18 Å². The van der Waals surface area contributed by atoms with Crippen molar-refractivity contribution in [3.05, 3.63) is 71.5 Å². The standard InChI is InChI=1S/C20H23FN2O/c21-18-9-5-4-8-17(18)19(14-15-6-2-1-3-7-15)23-20(24)16-10-12-22-13-11-16/h1-9,16,19,22H,10-14H2,(H,23,24). The Morgan fingerprint density at radius 3 is 2.46 bits per heavy atom. The van der Waals surface area contributed by atoms with E-state index in [0.29, 0.717) is 12.0 Å². The fourth-order valence-electron chi connectivity index (χ4n) is 3.22. The molecule has 0 aromatic heterocycles. The van der Waals surface area contributed by atoms with Gasteiger partial charge in [0, 0.05) is 11.5 Å². The first-order chi connectivity index (χ1) is 11.7. The van der Waals surface area contributed by atoms with Gasteiger partial charge in [-0.1, -0.05) is 48.5 Å². The molecule has 126 valence electrons. The second-order valence-corrected chi connectivity index (χ2v) is 6.30. The average molecular weight is 326 g/mol. The summed E-state index contributed by atoms with van der Waals surface area (Å²) < 4.78 is 14.3. The molecular formula is C20H23FN2O. The van der Waals surface area contributed by atoms with Crippen LogP contribution in [-0.4, -0.2) is 19.0 Å². The molecule has 1 amide bonds. The molecule has 2 N–H and O–H groups in total. The molecule has 24 heavy (non-hydrogen) atoms. The molecule has 0 aliphatic carbocycles. The van der Waals surface area contributed by atoms with Crippen LogP contribution in [0.5, 0.6) is 0 Å². The van der Waals surface area contributed by atoms with Crippen LogP contribution in [0.25, 0.3) is 0 Å². The Hall–Kier alpha value is -2.20. The van der Waals surface area contributed by atoms with E-state index in [1.807, 2.05) is 36.4 Å². The van der Waals surface area contributed by atoms with Gasteiger partial charge in [0.15, 0.2) is 0 Å². The zero-order valence-corrected chi connectivity index (χ0v) is 13.7. The van der Waals surface area contributed by atoms with Gasteiger partial charge in [-0.15, -0.1) is 0 Å². The second kappa shape index (κ2) is 8.06. The Labute approximate surface area is 142 Å². The molecule has 1 saturated heterocycles. The molecule has 2 aromatic rings. The minimum atomic E-state index is -0.351. The van der Waals surface area contributed by atoms with Crippen molar-refractivity contribution in [2.75, 3.05) is 13.1 Å². The van der Waals surface area contributed by atoms with Crippen molar-refractivity contribution in [2.45, 2.75) is 25.3 Å². The number of halogens is 1. The first kappa shape index (κ1) is 16.7. The summed E-state index contributed by atoms with van der Waals surface area (Å²) in [7, 11) is 0. The molecular weight excluding hydrogens is 303 g/mol. The lowest BCUT2D eigenvalue weighted by molar-refractivity contribution is -0.126. The summed E-state index contributed by atoms with van der Waals surface area (Å²) in [6.45, 7) is 1.72. The second-order valence-electron chi connectivity index (χ2n) is 6.30. The molecule has 0 bridgehead atoms. The molecule has 2 aromatic carbocycles. The largest absolute Gasteiger partial charge is 0.349 e. The smallest absolute Gasteiger partial charge is 0.223 e. The molecule has 1 atom stereocenters. The van der Waals surface area contributed by atoms with Gasteiger partial charge in [-0.3, -0.25) is 4.79 Å². The maximum atomic E-state index is 14.3. The lowest BCUT2D eigenvalue weighted by Gasteiger charge is -2.26. The van der Waals surface area contributed by atoms with Gasteiger partial charge in [0.1, 0.15) is 5.82 Å². The molecule has 1 fully saturated rings. The number of hydrogen-bond donors (Lipinski definition) is 2. The van der Waals surface area contributed by atoms with Crippen LogP contribution in [0.4, 0.5) is 4.39 Å². The summed E-state index contributed by atoms with van der Waals surface area (Å²) in [5.41, 5.74) is 1.63. The summed E-state index contributed by atoms with van der Waals surface area (Å²) in [5.74, 6) is -0.235. The topological polar surface area (TPSA) is 41.1 Å². The highest BCUT2D eigenvalue weighted by Gasteiger charge is 2.25. The molecule has 0 radical (unpaired) electrons. The normalized spacial score (nSPS) is 16.5. The van der Waals surface area contributed by atoms with Crippen molar-refractivity contribution in [1.29, 1.82) is 0 Å². The molecule has 1 heterocycles. The zero-order valence-electron chi connectivity index (χ0n) is 13.7. The van der Waals surface area contributed by atoms with E-state index in [2.05, 4.69) is 10.6 Å². The number of rotatable bonds is 5. The first-order valence-corrected chi connectivity index (χ1v) is 8.53. The predicted molar refractivity (Wildman–Crippen MR) is 93.0 cm³/mol. The summed E-state index contributed by atoms with van der Waals surface area (Å²) in [6.07, 6.45) is 2.25. The van der Waals surface area contributed by atoms with Gasteiger partial charge < -0.3 is 10.6 Å². The summed E-state index contributed by atoms with van der Waals surface area (Å²) >= 11 is 0. The summed E-state index contributed by atoms with van der Waals surface area (Å²) in [6, 6.07) is 16.2. The number of nitrogens with one attached hydrogen (secondary N) is 2. The number of amides is 1. The molecule has 3 rings (SSSR count). The van der Waals surface area contributed by atoms with Crippen LogP contribution in [0.1, 0.15) is 30.0 Å². The van der Waals surface area contributed by atoms with Gasteiger partial charge in [0.05, 0.1) is 6.04 Å². The molecule has 1 aliphatic heterocycles. The minimum Gasteiger partial charge on any atom is -0.349 e. The van der Waals surface area contributed by atoms with Gasteiger partial charge in [0.2, 0.25) is 5.91 Å². The Morgan fingerprint density at radius 1 is 1.08 bits per heavy atom. The van der Waals surface area contributed by atoms with Crippen molar-refractivity contribution in [3.8, 4) is 0 Å². The van der Waals surface area contributed by atoms with Gasteiger partial charge in [0.25, 0.3) is 0 Å². The predicted octanol–water partition coefficient (Wildman–Crippen LogP) is 3.23. The maximum Gasteiger partial charge on any atom is 0.223 e. The van der Waals surface area contributed by atoms with Crippen LogP contribution in [0.3, 0.4) is 0 Å². The van der Waals surface area contributed by atoms with E-state index in [1.165, 1.54) is 6.07 Å². The van der Waals surface area contributed by atoms with E-state index >= 15 is 0 Å². The lowest BCUT2D eigenvalue weighted by atomic mass is 9.94. The highest BCUT2D eigenvalue weighted by molar-refractivity contribution is 5.79. The quantitative estimate of drug-likeness (QED) is 0.886. The number of benzene rings is 2. The fourth-order valence-corrected chi connectivity index (χ4v) is 3.22. The monoisotopic (exact) mass is 326 g/mol. The van der Waals surface area contributed by atoms with Gasteiger partial charge in [-0.2, -0.15) is 0 Å². The third kappa shape index (κ3) is 4.20. The average Bonchev–Trinajstić information content (AvgIpc) is 2.63. The van der Waals surface area contributed by atoms with Crippen molar-refractivity contribution in [2.24, 2.45) is 5.92 Å². The van der Waals surface area contributed by atoms with E-state index in [4.69, 9.17) is 0 Å². The lowest BCUT2D eigenvalue weighted by Crippen LogP contribution is -2.40. The summed E-state index contributed by atoms with van der Waals surface area (Å²) in [4.78, 5) is 12.6. The number of piperidine rings is 1. The Morgan fingerprint density at radius 2 is 1.75 bits per heavy atom. The van der Waals surface area contributed by atoms with Crippen molar-refractivity contribution >= 4 is 5.91 Å². The highest BCUT2D eigenvalue weighted by Crippen LogP contribution is 2.23. The molecule has 0 saturated carbocycles. The Balaban J connectivity index is 1.79. The van der Waals surface area contributed by atoms with Crippen molar-refractivity contribution in [1.82, 2.24) is 10.6 Å². The van der Waals surface area contributed by atoms with Crippen LogP contribution in [0.15, 0.2) is 54.6 Å². The van der Waals surface area contributed by atoms with Gasteiger partial charge in [-0.25, -0.2) is 4.39 Å². The zero-order chi connectivity index (χ0) is 16.8. The third-order valence-corrected chi connectivity index (χ3v) is 4.59. The molecule has 0 spiro atoms. The Bertz CT molecular complexity index is 668.